The molecule has 0 fully saturated rings. The third-order valence-corrected chi connectivity index (χ3v) is 7.81. The van der Waals surface area contributed by atoms with E-state index >= 15 is 0 Å². The van der Waals surface area contributed by atoms with Crippen molar-refractivity contribution in [2.75, 3.05) is 6.66 Å². The van der Waals surface area contributed by atoms with Crippen LogP contribution in [0.3, 0.4) is 0 Å². The maximum Gasteiger partial charge on any atom is 0.169 e. The van der Waals surface area contributed by atoms with Gasteiger partial charge in [-0.3, -0.25) is 0 Å². The van der Waals surface area contributed by atoms with Gasteiger partial charge in [0.2, 0.25) is 0 Å². The van der Waals surface area contributed by atoms with Gasteiger partial charge in [-0.05, 0) is 23.3 Å². The molecule has 0 saturated heterocycles. The second kappa shape index (κ2) is 6.56. The minimum Gasteiger partial charge on any atom is -0.307 e. The highest BCUT2D eigenvalue weighted by Gasteiger charge is 2.23. The molecule has 3 heteroatoms. The van der Waals surface area contributed by atoms with Crippen molar-refractivity contribution in [2.24, 2.45) is 0 Å². The van der Waals surface area contributed by atoms with Crippen LogP contribution in [0.4, 0.5) is 0 Å². The van der Waals surface area contributed by atoms with E-state index in [1.165, 1.54) is 11.4 Å². The van der Waals surface area contributed by atoms with Crippen LogP contribution in [-0.2, 0) is 4.57 Å². The van der Waals surface area contributed by atoms with Crippen LogP contribution in [-0.4, -0.2) is 6.66 Å². The molecule has 0 aliphatic rings. The molecule has 22 heavy (non-hydrogen) atoms. The molecular formula is C19H17OPS. The average Bonchev–Trinajstić information content (AvgIpc) is 2.56. The molecule has 0 aliphatic carbocycles. The van der Waals surface area contributed by atoms with Crippen molar-refractivity contribution in [3.63, 3.8) is 0 Å². The Balaban J connectivity index is 2.03. The Kier molecular flexibility index (Phi) is 4.52. The van der Waals surface area contributed by atoms with E-state index in [1.54, 1.807) is 0 Å². The van der Waals surface area contributed by atoms with Crippen LogP contribution in [0.5, 0.6) is 0 Å². The number of benzene rings is 3. The smallest absolute Gasteiger partial charge is 0.169 e. The molecular weight excluding hydrogens is 307 g/mol. The van der Waals surface area contributed by atoms with E-state index in [2.05, 4.69) is 12.1 Å². The standard InChI is InChI=1S/C19H17OPS/c1-21(20,22-17-12-6-3-7-13-17)19-15-9-8-14-18(19)16-10-4-2-5-11-16/h2-15H,1H3. The summed E-state index contributed by atoms with van der Waals surface area (Å²) < 4.78 is 13.3. The van der Waals surface area contributed by atoms with Gasteiger partial charge in [0.1, 0.15) is 0 Å². The van der Waals surface area contributed by atoms with Crippen LogP contribution < -0.4 is 5.30 Å². The van der Waals surface area contributed by atoms with Crippen molar-refractivity contribution in [1.29, 1.82) is 0 Å². The molecule has 110 valence electrons. The normalized spacial score (nSPS) is 13.5. The Hall–Kier alpha value is -1.76. The molecule has 0 N–H and O–H groups in total. The van der Waals surface area contributed by atoms with E-state index < -0.39 is 6.34 Å². The zero-order valence-electron chi connectivity index (χ0n) is 12.3. The highest BCUT2D eigenvalue weighted by atomic mass is 32.7. The number of rotatable bonds is 4. The van der Waals surface area contributed by atoms with Crippen molar-refractivity contribution in [3.8, 4) is 11.1 Å². The van der Waals surface area contributed by atoms with E-state index in [0.717, 1.165) is 21.3 Å². The van der Waals surface area contributed by atoms with Crippen molar-refractivity contribution in [3.05, 3.63) is 84.9 Å². The summed E-state index contributed by atoms with van der Waals surface area (Å²) in [7, 11) is 0. The summed E-state index contributed by atoms with van der Waals surface area (Å²) in [5, 5.41) is 0.926. The number of hydrogen-bond donors (Lipinski definition) is 0. The summed E-state index contributed by atoms with van der Waals surface area (Å²) in [6, 6.07) is 28.1. The van der Waals surface area contributed by atoms with Gasteiger partial charge in [0, 0.05) is 16.9 Å². The zero-order valence-corrected chi connectivity index (χ0v) is 14.1. The Morgan fingerprint density at radius 1 is 0.727 bits per heavy atom. The van der Waals surface area contributed by atoms with E-state index in [4.69, 9.17) is 0 Å². The highest BCUT2D eigenvalue weighted by Crippen LogP contribution is 2.58. The fraction of sp³-hybridized carbons (Fsp3) is 0.0526. The second-order valence-corrected chi connectivity index (χ2v) is 10.6. The summed E-state index contributed by atoms with van der Waals surface area (Å²) >= 11 is 1.46. The van der Waals surface area contributed by atoms with Crippen molar-refractivity contribution in [1.82, 2.24) is 0 Å². The van der Waals surface area contributed by atoms with Gasteiger partial charge in [-0.2, -0.15) is 0 Å². The lowest BCUT2D eigenvalue weighted by Gasteiger charge is -2.17. The van der Waals surface area contributed by atoms with E-state index in [0.29, 0.717) is 0 Å². The van der Waals surface area contributed by atoms with Crippen LogP contribution in [0, 0.1) is 0 Å². The van der Waals surface area contributed by atoms with Gasteiger partial charge in [-0.1, -0.05) is 84.2 Å². The van der Waals surface area contributed by atoms with Crippen molar-refractivity contribution in [2.45, 2.75) is 4.90 Å². The molecule has 0 radical (unpaired) electrons. The molecule has 0 spiro atoms. The van der Waals surface area contributed by atoms with E-state index in [-0.39, 0.29) is 0 Å². The molecule has 0 heterocycles. The molecule has 3 rings (SSSR count). The summed E-state index contributed by atoms with van der Waals surface area (Å²) in [5.74, 6) is 0. The average molecular weight is 324 g/mol. The molecule has 1 nitrogen and oxygen atoms in total. The molecule has 0 aliphatic heterocycles. The highest BCUT2D eigenvalue weighted by molar-refractivity contribution is 8.60. The van der Waals surface area contributed by atoms with Crippen molar-refractivity contribution >= 4 is 23.0 Å². The lowest BCUT2D eigenvalue weighted by Crippen LogP contribution is -2.05. The minimum absolute atomic E-state index is 0.926. The lowest BCUT2D eigenvalue weighted by atomic mass is 10.1. The van der Waals surface area contributed by atoms with Crippen LogP contribution in [0.15, 0.2) is 89.8 Å². The summed E-state index contributed by atoms with van der Waals surface area (Å²) in [6.07, 6.45) is -2.55. The molecule has 0 amide bonds. The predicted octanol–water partition coefficient (Wildman–Crippen LogP) is 5.68. The van der Waals surface area contributed by atoms with E-state index in [9.17, 15) is 4.57 Å². The summed E-state index contributed by atoms with van der Waals surface area (Å²) in [5.41, 5.74) is 2.16. The van der Waals surface area contributed by atoms with Gasteiger partial charge < -0.3 is 4.57 Å². The first-order chi connectivity index (χ1) is 10.7. The summed E-state index contributed by atoms with van der Waals surface area (Å²) in [6.45, 7) is 1.85. The van der Waals surface area contributed by atoms with Gasteiger partial charge >= 0.3 is 0 Å². The maximum atomic E-state index is 13.3. The second-order valence-electron chi connectivity index (χ2n) is 5.13. The predicted molar refractivity (Wildman–Crippen MR) is 97.3 cm³/mol. The zero-order chi connectivity index (χ0) is 15.4. The van der Waals surface area contributed by atoms with Crippen LogP contribution >= 0.6 is 17.7 Å². The molecule has 0 aromatic heterocycles. The largest absolute Gasteiger partial charge is 0.307 e. The van der Waals surface area contributed by atoms with Gasteiger partial charge in [0.25, 0.3) is 0 Å². The lowest BCUT2D eigenvalue weighted by molar-refractivity contribution is 0.593. The van der Waals surface area contributed by atoms with Gasteiger partial charge in [-0.15, -0.1) is 0 Å². The van der Waals surface area contributed by atoms with E-state index in [1.807, 2.05) is 79.5 Å². The molecule has 0 saturated carbocycles. The first kappa shape index (κ1) is 15.1. The van der Waals surface area contributed by atoms with Gasteiger partial charge in [0.05, 0.1) is 0 Å². The Morgan fingerprint density at radius 2 is 1.27 bits per heavy atom. The molecule has 0 bridgehead atoms. The quantitative estimate of drug-likeness (QED) is 0.574. The Labute approximate surface area is 135 Å². The van der Waals surface area contributed by atoms with Crippen LogP contribution in [0.25, 0.3) is 11.1 Å². The van der Waals surface area contributed by atoms with Gasteiger partial charge in [0.15, 0.2) is 6.34 Å². The van der Waals surface area contributed by atoms with Crippen LogP contribution in [0.2, 0.25) is 0 Å². The molecule has 1 atom stereocenters. The maximum absolute atomic E-state index is 13.3. The molecule has 3 aromatic carbocycles. The van der Waals surface area contributed by atoms with Crippen LogP contribution in [0.1, 0.15) is 0 Å². The molecule has 1 unspecified atom stereocenters. The Bertz CT molecular complexity index is 800. The fourth-order valence-electron chi connectivity index (χ4n) is 2.42. The van der Waals surface area contributed by atoms with Gasteiger partial charge in [-0.25, -0.2) is 0 Å². The first-order valence-electron chi connectivity index (χ1n) is 7.14. The third kappa shape index (κ3) is 3.35. The van der Waals surface area contributed by atoms with Crippen molar-refractivity contribution < 1.29 is 4.57 Å². The Morgan fingerprint density at radius 3 is 1.95 bits per heavy atom. The monoisotopic (exact) mass is 324 g/mol. The number of hydrogen-bond acceptors (Lipinski definition) is 2. The third-order valence-electron chi connectivity index (χ3n) is 3.45. The summed E-state index contributed by atoms with van der Waals surface area (Å²) in [4.78, 5) is 1.04. The first-order valence-corrected chi connectivity index (χ1v) is 10.7. The molecule has 3 aromatic rings. The SMILES string of the molecule is CP(=O)(Sc1ccccc1)c1ccccc1-c1ccccc1. The fourth-order valence-corrected chi connectivity index (χ4v) is 6.54. The minimum atomic E-state index is -2.55. The topological polar surface area (TPSA) is 17.1 Å².